The zero-order valence-electron chi connectivity index (χ0n) is 20.3. The van der Waals surface area contributed by atoms with Crippen LogP contribution in [0.2, 0.25) is 0 Å². The number of nitrogens with one attached hydrogen (secondary N) is 1. The molecule has 1 amide bonds. The van der Waals surface area contributed by atoms with E-state index in [-0.39, 0.29) is 79.2 Å². The molecule has 34 heavy (non-hydrogen) atoms. The van der Waals surface area contributed by atoms with Gasteiger partial charge in [0, 0.05) is 18.8 Å². The fourth-order valence-corrected chi connectivity index (χ4v) is 2.95. The van der Waals surface area contributed by atoms with E-state index in [4.69, 9.17) is 0 Å². The molecular formula is C27H71N3O4. The number of hydrogen-bond donors (Lipinski definition) is 2. The minimum atomic E-state index is -1.11. The third kappa shape index (κ3) is 26.9. The van der Waals surface area contributed by atoms with Crippen LogP contribution in [0.5, 0.6) is 0 Å². The second-order valence-electron chi connectivity index (χ2n) is 9.42. The van der Waals surface area contributed by atoms with Gasteiger partial charge >= 0.3 is 0 Å². The smallest absolute Gasteiger partial charge is 0.229 e. The maximum absolute atomic E-state index is 12.5. The topological polar surface area (TPSA) is 89.5 Å². The van der Waals surface area contributed by atoms with Gasteiger partial charge in [-0.2, -0.15) is 0 Å². The molecule has 2 atom stereocenters. The number of aliphatic hydroxyl groups excluding tert-OH is 1. The third-order valence-electron chi connectivity index (χ3n) is 4.33. The number of aliphatic hydroxyl groups is 1. The highest BCUT2D eigenvalue weighted by molar-refractivity contribution is 5.82. The summed E-state index contributed by atoms with van der Waals surface area (Å²) in [4.78, 5) is 23.6. The number of carboxylic acids is 1. The fourth-order valence-electron chi connectivity index (χ4n) is 2.95. The van der Waals surface area contributed by atoms with Crippen molar-refractivity contribution >= 4 is 11.9 Å². The molecule has 0 saturated heterocycles. The Morgan fingerprint density at radius 1 is 0.912 bits per heavy atom. The molecule has 0 saturated carbocycles. The van der Waals surface area contributed by atoms with Crippen LogP contribution in [0.1, 0.15) is 78.2 Å². The van der Waals surface area contributed by atoms with E-state index in [1.165, 1.54) is 0 Å². The molecule has 0 aromatic rings. The molecule has 0 fully saturated rings. The molecule has 2 N–H and O–H groups in total. The van der Waals surface area contributed by atoms with Crippen molar-refractivity contribution in [3.63, 3.8) is 0 Å². The van der Waals surface area contributed by atoms with E-state index in [0.29, 0.717) is 35.1 Å². The molecule has 2 unspecified atom stereocenters. The maximum Gasteiger partial charge on any atom is 0.229 e. The summed E-state index contributed by atoms with van der Waals surface area (Å²) in [6.07, 6.45) is 0.218. The standard InChI is InChI=1S/C18H37N3O4.6CH4.3CH3/c1-9-14(16(23)24)10-18(2,3)17(25)19-13-21(7,8)12-15(22)11-20(4,5)6;;;;;;;;;/h14-15,22H,9-13H2,1-8H3;6*1H4;3*1H3/q;;;;;;;2*-1;+1/p+1. The second kappa shape index (κ2) is 24.8. The number of likely N-dealkylation sites (N-methyl/N-ethyl adjacent to an activating group) is 2. The number of quaternary nitrogens is 2. The summed E-state index contributed by atoms with van der Waals surface area (Å²) in [5.41, 5.74) is -0.790. The molecular weight excluding hydrogens is 430 g/mol. The fraction of sp³-hybridized carbons (Fsp3) is 0.815. The van der Waals surface area contributed by atoms with Crippen LogP contribution in [0.15, 0.2) is 0 Å². The van der Waals surface area contributed by atoms with Crippen LogP contribution in [0.25, 0.3) is 0 Å². The minimum absolute atomic E-state index is 0. The Morgan fingerprint density at radius 2 is 1.29 bits per heavy atom. The van der Waals surface area contributed by atoms with E-state index >= 15 is 0 Å². The lowest BCUT2D eigenvalue weighted by molar-refractivity contribution is -0.908. The van der Waals surface area contributed by atoms with Crippen molar-refractivity contribution in [1.82, 2.24) is 5.32 Å². The predicted molar refractivity (Wildman–Crippen MR) is 156 cm³/mol. The Hall–Kier alpha value is -1.31. The van der Waals surface area contributed by atoms with Crippen molar-refractivity contribution in [1.29, 1.82) is 0 Å². The molecule has 0 spiro atoms. The summed E-state index contributed by atoms with van der Waals surface area (Å²) >= 11 is 0. The van der Waals surface area contributed by atoms with Crippen LogP contribution in [0.3, 0.4) is 0 Å². The average molecular weight is 502 g/mol. The van der Waals surface area contributed by atoms with Gasteiger partial charge in [0.25, 0.3) is 0 Å². The summed E-state index contributed by atoms with van der Waals surface area (Å²) in [6, 6.07) is 0. The summed E-state index contributed by atoms with van der Waals surface area (Å²) in [5, 5.41) is 24.3. The highest BCUT2D eigenvalue weighted by atomic mass is 16.4. The van der Waals surface area contributed by atoms with Crippen LogP contribution in [0, 0.1) is 33.6 Å². The minimum Gasteiger partial charge on any atom is -0.550 e. The van der Waals surface area contributed by atoms with Crippen LogP contribution >= 0.6 is 0 Å². The van der Waals surface area contributed by atoms with Gasteiger partial charge in [0.15, 0.2) is 12.8 Å². The SMILES string of the molecule is C.C.C.C.C.C.CCC(CC(C)(C)C(=O)NC[N+](C)(C)CC(O)C[N+](C)(C)C)C(=O)[O-].[CH3+].[CH3-].[CH3-]. The van der Waals surface area contributed by atoms with Gasteiger partial charge in [-0.1, -0.05) is 65.3 Å². The number of hydrogen-bond acceptors (Lipinski definition) is 4. The zero-order valence-corrected chi connectivity index (χ0v) is 20.3. The first-order valence-corrected chi connectivity index (χ1v) is 8.89. The number of nitrogens with zero attached hydrogens (tertiary/aromatic N) is 2. The van der Waals surface area contributed by atoms with E-state index in [1.807, 2.05) is 35.2 Å². The van der Waals surface area contributed by atoms with Gasteiger partial charge in [-0.25, -0.2) is 0 Å². The Kier molecular flexibility index (Phi) is 46.5. The number of carboxylic acid groups (broad SMARTS) is 1. The Bertz CT molecular complexity index is 459. The van der Waals surface area contributed by atoms with Gasteiger partial charge < -0.3 is 44.1 Å². The monoisotopic (exact) mass is 502 g/mol. The molecule has 0 aliphatic heterocycles. The van der Waals surface area contributed by atoms with Crippen molar-refractivity contribution in [2.24, 2.45) is 11.3 Å². The first kappa shape index (κ1) is 63.8. The average Bonchev–Trinajstić information content (AvgIpc) is 2.38. The Morgan fingerprint density at radius 3 is 1.59 bits per heavy atom. The van der Waals surface area contributed by atoms with Crippen LogP contribution in [-0.4, -0.2) is 87.0 Å². The Balaban J connectivity index is -0.0000000800. The van der Waals surface area contributed by atoms with E-state index in [9.17, 15) is 19.8 Å². The normalized spacial score (nSPS) is 11.4. The molecule has 0 bridgehead atoms. The van der Waals surface area contributed by atoms with Crippen molar-refractivity contribution in [3.05, 3.63) is 22.3 Å². The third-order valence-corrected chi connectivity index (χ3v) is 4.33. The Labute approximate surface area is 219 Å². The van der Waals surface area contributed by atoms with Gasteiger partial charge in [0.2, 0.25) is 5.91 Å². The van der Waals surface area contributed by atoms with Gasteiger partial charge in [0.1, 0.15) is 13.1 Å². The predicted octanol–water partition coefficient (Wildman–Crippen LogP) is 4.56. The van der Waals surface area contributed by atoms with Crippen LogP contribution < -0.4 is 10.4 Å². The van der Waals surface area contributed by atoms with Gasteiger partial charge in [-0.3, -0.25) is 4.79 Å². The number of carbonyl (C=O) groups excluding carboxylic acids is 2. The van der Waals surface area contributed by atoms with E-state index in [2.05, 4.69) is 5.32 Å². The van der Waals surface area contributed by atoms with Crippen LogP contribution in [0.4, 0.5) is 0 Å². The first-order valence-electron chi connectivity index (χ1n) is 8.89. The maximum atomic E-state index is 12.5. The summed E-state index contributed by atoms with van der Waals surface area (Å²) in [7, 11) is 9.96. The lowest BCUT2D eigenvalue weighted by Crippen LogP contribution is -2.56. The molecule has 7 nitrogen and oxygen atoms in total. The van der Waals surface area contributed by atoms with Crippen molar-refractivity contribution in [2.45, 2.75) is 84.3 Å². The molecule has 0 aromatic carbocycles. The van der Waals surface area contributed by atoms with E-state index in [0.717, 1.165) is 0 Å². The van der Waals surface area contributed by atoms with Crippen molar-refractivity contribution < 1.29 is 28.8 Å². The lowest BCUT2D eigenvalue weighted by atomic mass is 9.81. The quantitative estimate of drug-likeness (QED) is 0.247. The van der Waals surface area contributed by atoms with E-state index in [1.54, 1.807) is 20.8 Å². The highest BCUT2D eigenvalue weighted by Crippen LogP contribution is 2.27. The van der Waals surface area contributed by atoms with Crippen molar-refractivity contribution in [3.8, 4) is 0 Å². The highest BCUT2D eigenvalue weighted by Gasteiger charge is 2.33. The summed E-state index contributed by atoms with van der Waals surface area (Å²) in [5.74, 6) is -1.92. The second-order valence-corrected chi connectivity index (χ2v) is 9.42. The largest absolute Gasteiger partial charge is 0.550 e. The van der Waals surface area contributed by atoms with Gasteiger partial charge in [-0.05, 0) is 18.8 Å². The summed E-state index contributed by atoms with van der Waals surface area (Å²) in [6.45, 7) is 6.81. The zero-order chi connectivity index (χ0) is 20.1. The van der Waals surface area contributed by atoms with Crippen LogP contribution in [-0.2, 0) is 9.59 Å². The molecule has 7 heteroatoms. The number of carbonyl (C=O) groups is 2. The molecule has 0 aliphatic rings. The molecule has 0 heterocycles. The van der Waals surface area contributed by atoms with Gasteiger partial charge in [0.05, 0.1) is 35.2 Å². The van der Waals surface area contributed by atoms with Crippen molar-refractivity contribution in [2.75, 3.05) is 55.0 Å². The number of amides is 1. The molecule has 0 rings (SSSR count). The number of aliphatic carboxylic acids is 1. The molecule has 0 radical (unpaired) electrons. The molecule has 0 aliphatic carbocycles. The summed E-state index contributed by atoms with van der Waals surface area (Å²) < 4.78 is 1.11. The molecule has 0 aromatic heterocycles. The van der Waals surface area contributed by atoms with Gasteiger partial charge in [-0.15, -0.1) is 0 Å². The first-order chi connectivity index (χ1) is 11.1. The number of rotatable bonds is 11. The molecule has 218 valence electrons. The lowest BCUT2D eigenvalue weighted by Gasteiger charge is -2.35. The van der Waals surface area contributed by atoms with E-state index < -0.39 is 23.4 Å².